The second-order valence-corrected chi connectivity index (χ2v) is 7.47. The Bertz CT molecular complexity index is 926. The number of sulfonamides is 1. The molecule has 0 atom stereocenters. The molecule has 0 saturated heterocycles. The first-order valence-corrected chi connectivity index (χ1v) is 9.49. The van der Waals surface area contributed by atoms with Crippen LogP contribution in [0.1, 0.15) is 10.4 Å². The van der Waals surface area contributed by atoms with Gasteiger partial charge in [-0.05, 0) is 30.3 Å². The van der Waals surface area contributed by atoms with Crippen LogP contribution in [0.15, 0.2) is 72.1 Å². The maximum atomic E-state index is 12.8. The maximum absolute atomic E-state index is 12.8. The Morgan fingerprint density at radius 2 is 1.85 bits per heavy atom. The third-order valence-electron chi connectivity index (χ3n) is 3.63. The number of amides is 1. The summed E-state index contributed by atoms with van der Waals surface area (Å²) < 4.78 is 31.6. The lowest BCUT2D eigenvalue weighted by Crippen LogP contribution is -2.29. The molecule has 0 fully saturated rings. The molecule has 0 unspecified atom stereocenters. The summed E-state index contributed by atoms with van der Waals surface area (Å²) in [6.45, 7) is 3.26. The normalized spacial score (nSPS) is 10.7. The number of rotatable bonds is 8. The number of ether oxygens (including phenoxy) is 1. The zero-order valence-corrected chi connectivity index (χ0v) is 15.6. The molecule has 0 radical (unpaired) electrons. The summed E-state index contributed by atoms with van der Waals surface area (Å²) in [5.74, 6) is -1.26. The molecule has 1 amide bonds. The molecule has 0 aliphatic rings. The molecule has 27 heavy (non-hydrogen) atoms. The lowest BCUT2D eigenvalue weighted by Gasteiger charge is -2.19. The van der Waals surface area contributed by atoms with Crippen molar-refractivity contribution in [1.29, 1.82) is 0 Å². The first-order chi connectivity index (χ1) is 12.9. The summed E-state index contributed by atoms with van der Waals surface area (Å²) in [5, 5.41) is 2.47. The predicted octanol–water partition coefficient (Wildman–Crippen LogP) is 1.97. The van der Waals surface area contributed by atoms with E-state index in [0.717, 1.165) is 4.31 Å². The number of esters is 1. The third kappa shape index (κ3) is 5.18. The zero-order chi connectivity index (χ0) is 19.9. The van der Waals surface area contributed by atoms with Gasteiger partial charge in [-0.1, -0.05) is 30.3 Å². The van der Waals surface area contributed by atoms with Crippen molar-refractivity contribution in [2.75, 3.05) is 24.5 Å². The first kappa shape index (κ1) is 20.2. The van der Waals surface area contributed by atoms with E-state index in [1.807, 2.05) is 0 Å². The number of anilines is 1. The van der Waals surface area contributed by atoms with Gasteiger partial charge < -0.3 is 10.1 Å². The Balaban J connectivity index is 2.15. The number of hydrogen-bond donors (Lipinski definition) is 1. The zero-order valence-electron chi connectivity index (χ0n) is 14.8. The van der Waals surface area contributed by atoms with Gasteiger partial charge in [-0.25, -0.2) is 13.2 Å². The van der Waals surface area contributed by atoms with Crippen molar-refractivity contribution in [2.45, 2.75) is 4.90 Å². The molecule has 0 heterocycles. The van der Waals surface area contributed by atoms with Gasteiger partial charge in [0.25, 0.3) is 15.9 Å². The van der Waals surface area contributed by atoms with Gasteiger partial charge in [0, 0.05) is 13.6 Å². The molecule has 142 valence electrons. The number of benzene rings is 2. The van der Waals surface area contributed by atoms with E-state index in [2.05, 4.69) is 11.9 Å². The van der Waals surface area contributed by atoms with Gasteiger partial charge in [0.15, 0.2) is 6.61 Å². The standard InChI is InChI=1S/C19H20N2O5S/c1-3-12-20-18(22)14-26-19(23)15-8-7-11-17(13-15)27(24,25)21(2)16-9-5-4-6-10-16/h3-11,13H,1,12,14H2,2H3,(H,20,22). The molecule has 0 spiro atoms. The minimum atomic E-state index is -3.86. The average Bonchev–Trinajstić information content (AvgIpc) is 2.70. The van der Waals surface area contributed by atoms with Crippen LogP contribution in [0.2, 0.25) is 0 Å². The minimum absolute atomic E-state index is 0.0362. The van der Waals surface area contributed by atoms with Crippen molar-refractivity contribution >= 4 is 27.6 Å². The number of carbonyl (C=O) groups is 2. The fourth-order valence-electron chi connectivity index (χ4n) is 2.17. The molecule has 0 saturated carbocycles. The van der Waals surface area contributed by atoms with E-state index in [9.17, 15) is 18.0 Å². The molecular formula is C19H20N2O5S. The van der Waals surface area contributed by atoms with E-state index >= 15 is 0 Å². The molecule has 0 aliphatic heterocycles. The highest BCUT2D eigenvalue weighted by Crippen LogP contribution is 2.22. The number of carbonyl (C=O) groups excluding carboxylic acids is 2. The van der Waals surface area contributed by atoms with Crippen LogP contribution in [0.3, 0.4) is 0 Å². The first-order valence-electron chi connectivity index (χ1n) is 8.05. The highest BCUT2D eigenvalue weighted by Gasteiger charge is 2.22. The Morgan fingerprint density at radius 3 is 2.52 bits per heavy atom. The van der Waals surface area contributed by atoms with Gasteiger partial charge in [0.2, 0.25) is 0 Å². The smallest absolute Gasteiger partial charge is 0.338 e. The van der Waals surface area contributed by atoms with E-state index < -0.39 is 28.5 Å². The largest absolute Gasteiger partial charge is 0.452 e. The van der Waals surface area contributed by atoms with Gasteiger partial charge in [-0.2, -0.15) is 0 Å². The van der Waals surface area contributed by atoms with Gasteiger partial charge >= 0.3 is 5.97 Å². The lowest BCUT2D eigenvalue weighted by molar-refractivity contribution is -0.124. The summed E-state index contributed by atoms with van der Waals surface area (Å²) in [4.78, 5) is 23.5. The van der Waals surface area contributed by atoms with Crippen molar-refractivity contribution in [3.63, 3.8) is 0 Å². The van der Waals surface area contributed by atoms with Crippen LogP contribution in [-0.4, -0.2) is 40.5 Å². The second kappa shape index (κ2) is 9.00. The molecule has 7 nitrogen and oxygen atoms in total. The van der Waals surface area contributed by atoms with Crippen molar-refractivity contribution in [2.24, 2.45) is 0 Å². The quantitative estimate of drug-likeness (QED) is 0.551. The summed E-state index contributed by atoms with van der Waals surface area (Å²) >= 11 is 0. The summed E-state index contributed by atoms with van der Waals surface area (Å²) in [6, 6.07) is 14.0. The Morgan fingerprint density at radius 1 is 1.15 bits per heavy atom. The molecule has 1 N–H and O–H groups in total. The van der Waals surface area contributed by atoms with Crippen LogP contribution in [0.25, 0.3) is 0 Å². The molecule has 0 aliphatic carbocycles. The van der Waals surface area contributed by atoms with Crippen LogP contribution >= 0.6 is 0 Å². The maximum Gasteiger partial charge on any atom is 0.338 e. The summed E-state index contributed by atoms with van der Waals surface area (Å²) in [6.07, 6.45) is 1.50. The predicted molar refractivity (Wildman–Crippen MR) is 102 cm³/mol. The highest BCUT2D eigenvalue weighted by atomic mass is 32.2. The Labute approximate surface area is 158 Å². The van der Waals surface area contributed by atoms with Crippen LogP contribution in [-0.2, 0) is 19.6 Å². The lowest BCUT2D eigenvalue weighted by atomic mass is 10.2. The SMILES string of the molecule is C=CCNC(=O)COC(=O)c1cccc(S(=O)(=O)N(C)c2ccccc2)c1. The fraction of sp³-hybridized carbons (Fsp3) is 0.158. The minimum Gasteiger partial charge on any atom is -0.452 e. The highest BCUT2D eigenvalue weighted by molar-refractivity contribution is 7.92. The van der Waals surface area contributed by atoms with Crippen molar-refractivity contribution in [3.05, 3.63) is 72.8 Å². The number of nitrogens with zero attached hydrogens (tertiary/aromatic N) is 1. The van der Waals surface area contributed by atoms with Crippen LogP contribution in [0.4, 0.5) is 5.69 Å². The molecule has 0 bridgehead atoms. The summed E-state index contributed by atoms with van der Waals surface area (Å²) in [7, 11) is -2.43. The van der Waals surface area contributed by atoms with Gasteiger partial charge in [0.05, 0.1) is 16.1 Å². The molecule has 0 aromatic heterocycles. The topological polar surface area (TPSA) is 92.8 Å². The van der Waals surface area contributed by atoms with Crippen LogP contribution in [0.5, 0.6) is 0 Å². The third-order valence-corrected chi connectivity index (χ3v) is 5.41. The van der Waals surface area contributed by atoms with Gasteiger partial charge in [-0.15, -0.1) is 6.58 Å². The van der Waals surface area contributed by atoms with E-state index in [1.54, 1.807) is 30.3 Å². The van der Waals surface area contributed by atoms with E-state index in [-0.39, 0.29) is 17.0 Å². The van der Waals surface area contributed by atoms with E-state index in [1.165, 1.54) is 37.4 Å². The molecule has 2 rings (SSSR count). The van der Waals surface area contributed by atoms with Crippen molar-refractivity contribution in [1.82, 2.24) is 5.32 Å². The number of para-hydroxylation sites is 1. The molecule has 8 heteroatoms. The van der Waals surface area contributed by atoms with Crippen LogP contribution in [0, 0.1) is 0 Å². The van der Waals surface area contributed by atoms with Crippen molar-refractivity contribution in [3.8, 4) is 0 Å². The number of hydrogen-bond acceptors (Lipinski definition) is 5. The van der Waals surface area contributed by atoms with Crippen molar-refractivity contribution < 1.29 is 22.7 Å². The molecule has 2 aromatic carbocycles. The average molecular weight is 388 g/mol. The van der Waals surface area contributed by atoms with Gasteiger partial charge in [-0.3, -0.25) is 9.10 Å². The molecule has 2 aromatic rings. The monoisotopic (exact) mass is 388 g/mol. The van der Waals surface area contributed by atoms with Gasteiger partial charge in [0.1, 0.15) is 0 Å². The van der Waals surface area contributed by atoms with Crippen LogP contribution < -0.4 is 9.62 Å². The Kier molecular flexibility index (Phi) is 6.73. The fourth-order valence-corrected chi connectivity index (χ4v) is 3.41. The second-order valence-electron chi connectivity index (χ2n) is 5.50. The molecular weight excluding hydrogens is 368 g/mol. The number of nitrogens with one attached hydrogen (secondary N) is 1. The summed E-state index contributed by atoms with van der Waals surface area (Å²) in [5.41, 5.74) is 0.526. The Hall–Kier alpha value is -3.13. The van der Waals surface area contributed by atoms with E-state index in [4.69, 9.17) is 4.74 Å². The van der Waals surface area contributed by atoms with E-state index in [0.29, 0.717) is 5.69 Å².